The van der Waals surface area contributed by atoms with Gasteiger partial charge in [-0.3, -0.25) is 4.79 Å². The van der Waals surface area contributed by atoms with E-state index in [0.29, 0.717) is 5.69 Å². The van der Waals surface area contributed by atoms with Gasteiger partial charge in [0, 0.05) is 24.0 Å². The van der Waals surface area contributed by atoms with Crippen molar-refractivity contribution in [2.45, 2.75) is 45.5 Å². The van der Waals surface area contributed by atoms with Gasteiger partial charge in [-0.1, -0.05) is 11.6 Å². The Kier molecular flexibility index (Phi) is 6.65. The minimum Gasteiger partial charge on any atom is -0.343 e. The fourth-order valence-corrected chi connectivity index (χ4v) is 4.03. The number of anilines is 2. The second-order valence-corrected chi connectivity index (χ2v) is 8.39. The number of carbonyl (C=O) groups is 1. The number of pyridine rings is 1. The first-order valence-electron chi connectivity index (χ1n) is 9.92. The summed E-state index contributed by atoms with van der Waals surface area (Å²) in [6.45, 7) is 5.01. The lowest BCUT2D eigenvalue weighted by atomic mass is 10.1. The molecule has 1 fully saturated rings. The maximum Gasteiger partial charge on any atom is 0.416 e. The van der Waals surface area contributed by atoms with Crippen molar-refractivity contribution in [1.82, 2.24) is 4.98 Å². The molecule has 1 aromatic carbocycles. The highest BCUT2D eigenvalue weighted by Crippen LogP contribution is 2.36. The number of hydrogen-bond acceptors (Lipinski definition) is 4. The Labute approximate surface area is 188 Å². The van der Waals surface area contributed by atoms with Crippen LogP contribution >= 0.6 is 11.6 Å². The molecular formula is C22H21ClF4N4O. The van der Waals surface area contributed by atoms with Crippen molar-refractivity contribution in [3.05, 3.63) is 52.4 Å². The number of benzene rings is 1. The molecule has 1 aromatic heterocycles. The van der Waals surface area contributed by atoms with Crippen LogP contribution in [0, 0.1) is 30.0 Å². The van der Waals surface area contributed by atoms with Gasteiger partial charge in [-0.05, 0) is 57.5 Å². The molecule has 32 heavy (non-hydrogen) atoms. The van der Waals surface area contributed by atoms with Crippen LogP contribution in [-0.4, -0.2) is 29.5 Å². The summed E-state index contributed by atoms with van der Waals surface area (Å²) in [6, 6.07) is 6.52. The van der Waals surface area contributed by atoms with Crippen LogP contribution in [0.15, 0.2) is 30.3 Å². The van der Waals surface area contributed by atoms with Crippen LogP contribution in [-0.2, 0) is 11.0 Å². The number of nitrogens with zero attached hydrogens (tertiary/aromatic N) is 4. The molecule has 2 atom stereocenters. The third-order valence-electron chi connectivity index (χ3n) is 5.27. The van der Waals surface area contributed by atoms with E-state index < -0.39 is 35.4 Å². The number of nitriles is 1. The van der Waals surface area contributed by atoms with E-state index in [2.05, 4.69) is 11.1 Å². The summed E-state index contributed by atoms with van der Waals surface area (Å²) in [5.41, 5.74) is -0.380. The van der Waals surface area contributed by atoms with Gasteiger partial charge in [0.25, 0.3) is 0 Å². The van der Waals surface area contributed by atoms with Crippen molar-refractivity contribution in [3.8, 4) is 6.07 Å². The smallest absolute Gasteiger partial charge is 0.343 e. The molecule has 1 aliphatic rings. The molecule has 0 bridgehead atoms. The zero-order chi connectivity index (χ0) is 23.8. The molecule has 10 heteroatoms. The molecule has 2 aromatic rings. The Morgan fingerprint density at radius 2 is 2.00 bits per heavy atom. The van der Waals surface area contributed by atoms with E-state index in [1.807, 2.05) is 0 Å². The van der Waals surface area contributed by atoms with Gasteiger partial charge >= 0.3 is 6.18 Å². The van der Waals surface area contributed by atoms with Gasteiger partial charge < -0.3 is 9.80 Å². The summed E-state index contributed by atoms with van der Waals surface area (Å²) in [4.78, 5) is 20.6. The van der Waals surface area contributed by atoms with E-state index in [4.69, 9.17) is 11.6 Å². The topological polar surface area (TPSA) is 60.2 Å². The Balaban J connectivity index is 2.04. The third kappa shape index (κ3) is 4.80. The molecule has 0 radical (unpaired) electrons. The van der Waals surface area contributed by atoms with Gasteiger partial charge in [0.2, 0.25) is 5.91 Å². The van der Waals surface area contributed by atoms with Crippen LogP contribution in [0.3, 0.4) is 0 Å². The molecule has 1 aliphatic heterocycles. The average Bonchev–Trinajstić information content (AvgIpc) is 3.14. The highest BCUT2D eigenvalue weighted by Gasteiger charge is 2.42. The number of alkyl halides is 3. The molecule has 1 saturated heterocycles. The standard InChI is InChI=1S/C22H21ClF4N4O/c1-12(2)31(16-4-5-18(24)17(23)9-16)21(32)19-7-14(10-28)11-30(19)20-8-15(22(25,26)27)6-13(3)29-20/h4-6,8-9,12,14,19H,7,11H2,1-3H3. The van der Waals surface area contributed by atoms with Crippen molar-refractivity contribution in [2.24, 2.45) is 5.92 Å². The average molecular weight is 469 g/mol. The lowest BCUT2D eigenvalue weighted by Crippen LogP contribution is -2.49. The molecule has 2 unspecified atom stereocenters. The molecule has 1 amide bonds. The quantitative estimate of drug-likeness (QED) is 0.567. The number of aromatic nitrogens is 1. The van der Waals surface area contributed by atoms with Crippen LogP contribution in [0.1, 0.15) is 31.5 Å². The van der Waals surface area contributed by atoms with Gasteiger partial charge in [0.05, 0.1) is 22.6 Å². The van der Waals surface area contributed by atoms with Crippen molar-refractivity contribution in [2.75, 3.05) is 16.3 Å². The number of hydrogen-bond donors (Lipinski definition) is 0. The fraction of sp³-hybridized carbons (Fsp3) is 0.409. The highest BCUT2D eigenvalue weighted by molar-refractivity contribution is 6.31. The van der Waals surface area contributed by atoms with Gasteiger partial charge in [0.1, 0.15) is 17.7 Å². The summed E-state index contributed by atoms with van der Waals surface area (Å²) in [6.07, 6.45) is -4.45. The van der Waals surface area contributed by atoms with Crippen LogP contribution in [0.2, 0.25) is 5.02 Å². The van der Waals surface area contributed by atoms with Gasteiger partial charge in [-0.25, -0.2) is 9.37 Å². The second-order valence-electron chi connectivity index (χ2n) is 7.98. The van der Waals surface area contributed by atoms with Gasteiger partial charge in [-0.2, -0.15) is 18.4 Å². The molecule has 3 rings (SSSR count). The monoisotopic (exact) mass is 468 g/mol. The zero-order valence-electron chi connectivity index (χ0n) is 17.6. The number of amides is 1. The zero-order valence-corrected chi connectivity index (χ0v) is 18.4. The predicted molar refractivity (Wildman–Crippen MR) is 113 cm³/mol. The Bertz CT molecular complexity index is 1070. The first kappa shape index (κ1) is 23.8. The first-order valence-corrected chi connectivity index (χ1v) is 10.3. The van der Waals surface area contributed by atoms with E-state index in [-0.39, 0.29) is 35.5 Å². The Hall–Kier alpha value is -2.86. The van der Waals surface area contributed by atoms with Crippen molar-refractivity contribution >= 4 is 29.0 Å². The molecule has 0 saturated carbocycles. The van der Waals surface area contributed by atoms with Crippen molar-refractivity contribution < 1.29 is 22.4 Å². The Morgan fingerprint density at radius 1 is 1.31 bits per heavy atom. The third-order valence-corrected chi connectivity index (χ3v) is 5.56. The van der Waals surface area contributed by atoms with Crippen LogP contribution < -0.4 is 9.80 Å². The Morgan fingerprint density at radius 3 is 2.56 bits per heavy atom. The lowest BCUT2D eigenvalue weighted by molar-refractivity contribution is -0.137. The summed E-state index contributed by atoms with van der Waals surface area (Å²) < 4.78 is 53.7. The molecule has 0 aliphatic carbocycles. The fourth-order valence-electron chi connectivity index (χ4n) is 3.85. The SMILES string of the molecule is Cc1cc(C(F)(F)F)cc(N2CC(C#N)CC2C(=O)N(c2ccc(F)c(Cl)c2)C(C)C)n1. The van der Waals surface area contributed by atoms with E-state index >= 15 is 0 Å². The van der Waals surface area contributed by atoms with E-state index in [1.54, 1.807) is 13.8 Å². The van der Waals surface area contributed by atoms with Gasteiger partial charge in [0.15, 0.2) is 0 Å². The van der Waals surface area contributed by atoms with Crippen molar-refractivity contribution in [1.29, 1.82) is 5.26 Å². The summed E-state index contributed by atoms with van der Waals surface area (Å²) in [5, 5.41) is 9.28. The number of halogens is 5. The molecule has 0 N–H and O–H groups in total. The summed E-state index contributed by atoms with van der Waals surface area (Å²) in [7, 11) is 0. The van der Waals surface area contributed by atoms with E-state index in [9.17, 15) is 27.6 Å². The molecule has 170 valence electrons. The number of rotatable bonds is 4. The number of aryl methyl sites for hydroxylation is 1. The van der Waals surface area contributed by atoms with E-state index in [0.717, 1.165) is 18.2 Å². The minimum absolute atomic E-state index is 0.0192. The van der Waals surface area contributed by atoms with E-state index in [1.165, 1.54) is 28.9 Å². The van der Waals surface area contributed by atoms with Crippen LogP contribution in [0.4, 0.5) is 29.1 Å². The lowest BCUT2D eigenvalue weighted by Gasteiger charge is -2.33. The maximum absolute atomic E-state index is 13.6. The largest absolute Gasteiger partial charge is 0.416 e. The summed E-state index contributed by atoms with van der Waals surface area (Å²) >= 11 is 5.89. The predicted octanol–water partition coefficient (Wildman–Crippen LogP) is 5.36. The van der Waals surface area contributed by atoms with Crippen LogP contribution in [0.5, 0.6) is 0 Å². The molecule has 5 nitrogen and oxygen atoms in total. The summed E-state index contributed by atoms with van der Waals surface area (Å²) in [5.74, 6) is -1.65. The first-order chi connectivity index (χ1) is 14.9. The maximum atomic E-state index is 13.6. The highest BCUT2D eigenvalue weighted by atomic mass is 35.5. The molecule has 2 heterocycles. The minimum atomic E-state index is -4.58. The van der Waals surface area contributed by atoms with Crippen LogP contribution in [0.25, 0.3) is 0 Å². The van der Waals surface area contributed by atoms with Crippen molar-refractivity contribution in [3.63, 3.8) is 0 Å². The van der Waals surface area contributed by atoms with Gasteiger partial charge in [-0.15, -0.1) is 0 Å². The molecular weight excluding hydrogens is 448 g/mol. The molecule has 0 spiro atoms. The normalized spacial score (nSPS) is 18.7. The second kappa shape index (κ2) is 8.94. The number of carbonyl (C=O) groups excluding carboxylic acids is 1.